The minimum absolute atomic E-state index is 0.0252. The standard InChI is InChI=1S/C26H26F6N2O5/c1-4-38-24(36)34-14(2)5-6-16-9-22-19(11-20(16)34)21(13-39-22)33(23(35)37-3)12-15-7-17(25(27,28)29)10-18(8-15)26(30,31)32/h7-11,14,21H,4-6,12-13H2,1-3H3/t14-,21?/m1/s1. The van der Waals surface area contributed by atoms with Crippen molar-refractivity contribution >= 4 is 17.9 Å². The molecule has 39 heavy (non-hydrogen) atoms. The number of rotatable bonds is 4. The first kappa shape index (κ1) is 28.4. The summed E-state index contributed by atoms with van der Waals surface area (Å²) in [6, 6.07) is 3.43. The second kappa shape index (κ2) is 10.5. The van der Waals surface area contributed by atoms with Crippen LogP contribution in [-0.4, -0.2) is 43.5 Å². The molecule has 0 fully saturated rings. The van der Waals surface area contributed by atoms with Crippen LogP contribution in [0.15, 0.2) is 30.3 Å². The molecular formula is C26H26F6N2O5. The van der Waals surface area contributed by atoms with Gasteiger partial charge in [-0.3, -0.25) is 9.80 Å². The zero-order valence-corrected chi connectivity index (χ0v) is 21.3. The zero-order chi connectivity index (χ0) is 28.7. The van der Waals surface area contributed by atoms with Crippen molar-refractivity contribution in [2.24, 2.45) is 0 Å². The summed E-state index contributed by atoms with van der Waals surface area (Å²) < 4.78 is 96.3. The molecule has 2 aromatic rings. The Labute approximate surface area is 220 Å². The average molecular weight is 560 g/mol. The summed E-state index contributed by atoms with van der Waals surface area (Å²) in [5, 5.41) is 0. The molecule has 0 aliphatic carbocycles. The maximum Gasteiger partial charge on any atom is 0.416 e. The molecule has 0 saturated heterocycles. The van der Waals surface area contributed by atoms with Gasteiger partial charge in [0.05, 0.1) is 36.6 Å². The van der Waals surface area contributed by atoms with Crippen LogP contribution >= 0.6 is 0 Å². The van der Waals surface area contributed by atoms with Crippen LogP contribution in [0.3, 0.4) is 0 Å². The summed E-state index contributed by atoms with van der Waals surface area (Å²) >= 11 is 0. The third-order valence-corrected chi connectivity index (χ3v) is 6.75. The third-order valence-electron chi connectivity index (χ3n) is 6.75. The molecular weight excluding hydrogens is 534 g/mol. The molecule has 7 nitrogen and oxygen atoms in total. The summed E-state index contributed by atoms with van der Waals surface area (Å²) in [5.74, 6) is 0.394. The number of ether oxygens (including phenoxy) is 3. The van der Waals surface area contributed by atoms with Crippen LogP contribution in [-0.2, 0) is 34.8 Å². The van der Waals surface area contributed by atoms with E-state index in [1.54, 1.807) is 19.1 Å². The third kappa shape index (κ3) is 5.71. The number of anilines is 1. The normalized spacial score (nSPS) is 18.6. The van der Waals surface area contributed by atoms with Crippen LogP contribution < -0.4 is 9.64 Å². The molecule has 0 radical (unpaired) electrons. The lowest BCUT2D eigenvalue weighted by molar-refractivity contribution is -0.143. The number of methoxy groups -OCH3 is 1. The highest BCUT2D eigenvalue weighted by Crippen LogP contribution is 2.44. The predicted octanol–water partition coefficient (Wildman–Crippen LogP) is 6.72. The van der Waals surface area contributed by atoms with E-state index < -0.39 is 53.8 Å². The monoisotopic (exact) mass is 560 g/mol. The number of benzene rings is 2. The molecule has 0 spiro atoms. The average Bonchev–Trinajstić information content (AvgIpc) is 3.26. The van der Waals surface area contributed by atoms with Crippen LogP contribution in [0.25, 0.3) is 0 Å². The second-order valence-corrected chi connectivity index (χ2v) is 9.31. The lowest BCUT2D eigenvalue weighted by Gasteiger charge is -2.35. The highest BCUT2D eigenvalue weighted by atomic mass is 19.4. The smallest absolute Gasteiger partial charge is 0.416 e. The van der Waals surface area contributed by atoms with Gasteiger partial charge in [0.15, 0.2) is 0 Å². The van der Waals surface area contributed by atoms with Crippen LogP contribution in [0.4, 0.5) is 41.6 Å². The van der Waals surface area contributed by atoms with Gasteiger partial charge in [-0.2, -0.15) is 26.3 Å². The summed E-state index contributed by atoms with van der Waals surface area (Å²) in [6.45, 7) is 2.94. The molecule has 0 saturated carbocycles. The zero-order valence-electron chi connectivity index (χ0n) is 21.3. The molecule has 13 heteroatoms. The van der Waals surface area contributed by atoms with Gasteiger partial charge >= 0.3 is 24.5 Å². The van der Waals surface area contributed by atoms with Crippen LogP contribution in [0, 0.1) is 0 Å². The van der Waals surface area contributed by atoms with Gasteiger partial charge in [-0.25, -0.2) is 9.59 Å². The van der Waals surface area contributed by atoms with Gasteiger partial charge in [0.2, 0.25) is 0 Å². The number of amides is 2. The summed E-state index contributed by atoms with van der Waals surface area (Å²) in [6.07, 6.45) is -10.3. The summed E-state index contributed by atoms with van der Waals surface area (Å²) in [4.78, 5) is 28.0. The number of nitrogens with zero attached hydrogens (tertiary/aromatic N) is 2. The molecule has 0 aromatic heterocycles. The maximum absolute atomic E-state index is 13.4. The van der Waals surface area contributed by atoms with Crippen molar-refractivity contribution in [2.75, 3.05) is 25.2 Å². The molecule has 2 heterocycles. The molecule has 1 unspecified atom stereocenters. The van der Waals surface area contributed by atoms with E-state index in [0.29, 0.717) is 42.0 Å². The van der Waals surface area contributed by atoms with Gasteiger partial charge in [0.25, 0.3) is 0 Å². The van der Waals surface area contributed by atoms with Crippen molar-refractivity contribution in [1.29, 1.82) is 0 Å². The van der Waals surface area contributed by atoms with Crippen LogP contribution in [0.2, 0.25) is 0 Å². The SMILES string of the molecule is CCOC(=O)N1c2cc3c(cc2CC[C@H]1C)OCC3N(Cc1cc(C(F)(F)F)cc(C(F)(F)F)c1)C(=O)OC. The number of hydrogen-bond acceptors (Lipinski definition) is 5. The van der Waals surface area contributed by atoms with Crippen molar-refractivity contribution < 1.29 is 50.1 Å². The Morgan fingerprint density at radius 2 is 1.69 bits per heavy atom. The molecule has 2 atom stereocenters. The van der Waals surface area contributed by atoms with E-state index in [4.69, 9.17) is 14.2 Å². The number of aryl methyl sites for hydroxylation is 1. The number of fused-ring (bicyclic) bond motifs is 2. The number of halogens is 6. The first-order valence-corrected chi connectivity index (χ1v) is 12.1. The molecule has 212 valence electrons. The lowest BCUT2D eigenvalue weighted by Crippen LogP contribution is -2.42. The minimum Gasteiger partial charge on any atom is -0.491 e. The molecule has 0 bridgehead atoms. The molecule has 4 rings (SSSR count). The van der Waals surface area contributed by atoms with Gasteiger partial charge in [-0.1, -0.05) is 0 Å². The summed E-state index contributed by atoms with van der Waals surface area (Å²) in [7, 11) is 1.05. The van der Waals surface area contributed by atoms with Crippen molar-refractivity contribution in [3.05, 3.63) is 58.1 Å². The van der Waals surface area contributed by atoms with Crippen molar-refractivity contribution in [3.8, 4) is 5.75 Å². The molecule has 2 aliphatic rings. The van der Waals surface area contributed by atoms with E-state index in [1.165, 1.54) is 4.90 Å². The first-order chi connectivity index (χ1) is 18.2. The van der Waals surface area contributed by atoms with Gasteiger partial charge < -0.3 is 14.2 Å². The van der Waals surface area contributed by atoms with Crippen molar-refractivity contribution in [1.82, 2.24) is 4.90 Å². The van der Waals surface area contributed by atoms with E-state index >= 15 is 0 Å². The highest BCUT2D eigenvalue weighted by Gasteiger charge is 2.40. The minimum atomic E-state index is -5.04. The fraction of sp³-hybridized carbons (Fsp3) is 0.462. The number of alkyl halides is 6. The Kier molecular flexibility index (Phi) is 7.63. The molecule has 2 amide bonds. The van der Waals surface area contributed by atoms with Crippen molar-refractivity contribution in [3.63, 3.8) is 0 Å². The molecule has 0 N–H and O–H groups in total. The van der Waals surface area contributed by atoms with Gasteiger partial charge in [-0.05, 0) is 68.1 Å². The Morgan fingerprint density at radius 1 is 1.05 bits per heavy atom. The van der Waals surface area contributed by atoms with Gasteiger partial charge in [0.1, 0.15) is 12.4 Å². The van der Waals surface area contributed by atoms with Crippen molar-refractivity contribution in [2.45, 2.75) is 57.7 Å². The van der Waals surface area contributed by atoms with E-state index in [0.717, 1.165) is 17.6 Å². The van der Waals surface area contributed by atoms with E-state index in [2.05, 4.69) is 0 Å². The Hall–Kier alpha value is -3.64. The quantitative estimate of drug-likeness (QED) is 0.388. The van der Waals surface area contributed by atoms with E-state index in [-0.39, 0.29) is 25.3 Å². The van der Waals surface area contributed by atoms with E-state index in [9.17, 15) is 35.9 Å². The molecule has 2 aromatic carbocycles. The molecule has 2 aliphatic heterocycles. The van der Waals surface area contributed by atoms with E-state index in [1.807, 2.05) is 6.92 Å². The number of carbonyl (C=O) groups excluding carboxylic acids is 2. The topological polar surface area (TPSA) is 68.3 Å². The number of hydrogen-bond donors (Lipinski definition) is 0. The Balaban J connectivity index is 1.76. The Morgan fingerprint density at radius 3 is 2.26 bits per heavy atom. The second-order valence-electron chi connectivity index (χ2n) is 9.31. The summed E-state index contributed by atoms with van der Waals surface area (Å²) in [5.41, 5.74) is -1.61. The van der Waals surface area contributed by atoms with Crippen LogP contribution in [0.1, 0.15) is 54.1 Å². The first-order valence-electron chi connectivity index (χ1n) is 12.1. The fourth-order valence-corrected chi connectivity index (χ4v) is 4.88. The van der Waals surface area contributed by atoms with Crippen LogP contribution in [0.5, 0.6) is 5.75 Å². The van der Waals surface area contributed by atoms with Gasteiger partial charge in [0, 0.05) is 18.2 Å². The maximum atomic E-state index is 13.4. The lowest BCUT2D eigenvalue weighted by atomic mass is 9.93. The fourth-order valence-electron chi connectivity index (χ4n) is 4.88. The predicted molar refractivity (Wildman–Crippen MR) is 126 cm³/mol. The number of carbonyl (C=O) groups is 2. The van der Waals surface area contributed by atoms with Gasteiger partial charge in [-0.15, -0.1) is 0 Å². The highest BCUT2D eigenvalue weighted by molar-refractivity contribution is 5.90. The largest absolute Gasteiger partial charge is 0.491 e. The Bertz CT molecular complexity index is 1230.